The first-order chi connectivity index (χ1) is 16.6. The minimum Gasteiger partial charge on any atom is -0.492 e. The highest BCUT2D eigenvalue weighted by Crippen LogP contribution is 2.23. The summed E-state index contributed by atoms with van der Waals surface area (Å²) in [5, 5.41) is 2.86. The molecule has 1 fully saturated rings. The summed E-state index contributed by atoms with van der Waals surface area (Å²) in [6.45, 7) is 4.19. The molecule has 34 heavy (non-hydrogen) atoms. The molecule has 3 amide bonds. The summed E-state index contributed by atoms with van der Waals surface area (Å²) in [4.78, 5) is 42.0. The van der Waals surface area contributed by atoms with E-state index in [1.165, 1.54) is 0 Å². The van der Waals surface area contributed by atoms with Crippen LogP contribution in [0.25, 0.3) is 0 Å². The van der Waals surface area contributed by atoms with Crippen molar-refractivity contribution >= 4 is 23.4 Å². The molecule has 1 aliphatic heterocycles. The van der Waals surface area contributed by atoms with Crippen molar-refractivity contribution in [2.45, 2.75) is 13.5 Å². The largest absolute Gasteiger partial charge is 0.492 e. The van der Waals surface area contributed by atoms with Gasteiger partial charge in [-0.2, -0.15) is 0 Å². The molecule has 0 atom stereocenters. The number of ether oxygens (including phenoxy) is 1. The molecule has 0 radical (unpaired) electrons. The number of aromatic nitrogens is 1. The molecule has 3 aromatic rings. The van der Waals surface area contributed by atoms with Gasteiger partial charge in [-0.1, -0.05) is 30.3 Å². The number of carbonyl (C=O) groups excluding carboxylic acids is 3. The molecule has 0 aliphatic carbocycles. The number of para-hydroxylation sites is 2. The van der Waals surface area contributed by atoms with Crippen molar-refractivity contribution in [2.75, 3.05) is 38.1 Å². The smallest absolute Gasteiger partial charge is 0.270 e. The van der Waals surface area contributed by atoms with Gasteiger partial charge in [0, 0.05) is 37.9 Å². The number of nitrogens with zero attached hydrogens (tertiary/aromatic N) is 3. The van der Waals surface area contributed by atoms with Crippen molar-refractivity contribution in [3.8, 4) is 5.75 Å². The van der Waals surface area contributed by atoms with Crippen LogP contribution in [0.1, 0.15) is 27.8 Å². The van der Waals surface area contributed by atoms with Gasteiger partial charge >= 0.3 is 0 Å². The fourth-order valence-corrected chi connectivity index (χ4v) is 3.98. The summed E-state index contributed by atoms with van der Waals surface area (Å²) in [5.41, 5.74) is 1.68. The summed E-state index contributed by atoms with van der Waals surface area (Å²) in [6.07, 6.45) is 1.72. The van der Waals surface area contributed by atoms with Crippen LogP contribution in [-0.4, -0.2) is 64.9 Å². The average Bonchev–Trinajstić information content (AvgIpc) is 3.33. The third-order valence-corrected chi connectivity index (χ3v) is 5.70. The van der Waals surface area contributed by atoms with E-state index in [0.29, 0.717) is 55.5 Å². The van der Waals surface area contributed by atoms with Crippen LogP contribution in [0, 0.1) is 0 Å². The van der Waals surface area contributed by atoms with E-state index in [0.717, 1.165) is 0 Å². The Morgan fingerprint density at radius 3 is 2.18 bits per heavy atom. The fraction of sp³-hybridized carbons (Fsp3) is 0.269. The zero-order valence-electron chi connectivity index (χ0n) is 19.1. The lowest BCUT2D eigenvalue weighted by Crippen LogP contribution is -2.51. The third-order valence-electron chi connectivity index (χ3n) is 5.70. The highest BCUT2D eigenvalue weighted by Gasteiger charge is 2.27. The zero-order chi connectivity index (χ0) is 23.9. The van der Waals surface area contributed by atoms with Crippen LogP contribution in [0.2, 0.25) is 0 Å². The van der Waals surface area contributed by atoms with E-state index in [1.807, 2.05) is 37.3 Å². The number of amides is 3. The second kappa shape index (κ2) is 10.7. The van der Waals surface area contributed by atoms with Crippen LogP contribution in [-0.2, 0) is 11.3 Å². The normalized spacial score (nSPS) is 13.4. The van der Waals surface area contributed by atoms with Crippen LogP contribution in [0.15, 0.2) is 72.9 Å². The molecule has 8 heteroatoms. The quantitative estimate of drug-likeness (QED) is 0.587. The van der Waals surface area contributed by atoms with Gasteiger partial charge in [0.2, 0.25) is 5.91 Å². The van der Waals surface area contributed by atoms with Gasteiger partial charge in [-0.3, -0.25) is 14.4 Å². The van der Waals surface area contributed by atoms with Gasteiger partial charge in [-0.25, -0.2) is 0 Å². The van der Waals surface area contributed by atoms with Crippen molar-refractivity contribution in [3.05, 3.63) is 84.2 Å². The predicted octanol–water partition coefficient (Wildman–Crippen LogP) is 3.12. The Balaban J connectivity index is 1.36. The highest BCUT2D eigenvalue weighted by molar-refractivity contribution is 5.96. The predicted molar refractivity (Wildman–Crippen MR) is 129 cm³/mol. The van der Waals surface area contributed by atoms with E-state index in [-0.39, 0.29) is 24.3 Å². The fourth-order valence-electron chi connectivity index (χ4n) is 3.98. The minimum atomic E-state index is -0.254. The second-order valence-electron chi connectivity index (χ2n) is 7.95. The van der Waals surface area contributed by atoms with Crippen LogP contribution in [0.3, 0.4) is 0 Å². The van der Waals surface area contributed by atoms with Crippen LogP contribution in [0.4, 0.5) is 5.69 Å². The van der Waals surface area contributed by atoms with Crippen molar-refractivity contribution in [2.24, 2.45) is 0 Å². The number of rotatable bonds is 7. The number of piperazine rings is 1. The van der Waals surface area contributed by atoms with Gasteiger partial charge in [0.05, 0.1) is 12.3 Å². The van der Waals surface area contributed by atoms with E-state index in [2.05, 4.69) is 5.32 Å². The van der Waals surface area contributed by atoms with Crippen LogP contribution in [0.5, 0.6) is 5.75 Å². The first-order valence-corrected chi connectivity index (χ1v) is 11.4. The number of anilines is 1. The molecule has 0 saturated carbocycles. The molecule has 1 aliphatic rings. The number of benzene rings is 2. The Hall–Kier alpha value is -4.07. The van der Waals surface area contributed by atoms with Crippen LogP contribution >= 0.6 is 0 Å². The first-order valence-electron chi connectivity index (χ1n) is 11.4. The lowest BCUT2D eigenvalue weighted by atomic mass is 10.2. The van der Waals surface area contributed by atoms with Crippen molar-refractivity contribution < 1.29 is 19.1 Å². The van der Waals surface area contributed by atoms with Crippen molar-refractivity contribution in [1.82, 2.24) is 14.4 Å². The van der Waals surface area contributed by atoms with Crippen molar-refractivity contribution in [1.29, 1.82) is 0 Å². The maximum Gasteiger partial charge on any atom is 0.270 e. The molecule has 0 spiro atoms. The Labute approximate surface area is 198 Å². The molecule has 1 N–H and O–H groups in total. The maximum atomic E-state index is 13.2. The van der Waals surface area contributed by atoms with Crippen LogP contribution < -0.4 is 10.1 Å². The minimum absolute atomic E-state index is 0.000983. The molecule has 2 aromatic carbocycles. The maximum absolute atomic E-state index is 13.2. The Bertz CT molecular complexity index is 1150. The van der Waals surface area contributed by atoms with E-state index in [1.54, 1.807) is 57.0 Å². The monoisotopic (exact) mass is 460 g/mol. The molecular weight excluding hydrogens is 432 g/mol. The van der Waals surface area contributed by atoms with Gasteiger partial charge in [0.1, 0.15) is 18.0 Å². The van der Waals surface area contributed by atoms with Gasteiger partial charge in [0.15, 0.2) is 0 Å². The molecule has 1 saturated heterocycles. The average molecular weight is 461 g/mol. The van der Waals surface area contributed by atoms with E-state index in [4.69, 9.17) is 4.74 Å². The molecule has 4 rings (SSSR count). The Kier molecular flexibility index (Phi) is 7.27. The molecule has 2 heterocycles. The van der Waals surface area contributed by atoms with Gasteiger partial charge in [-0.15, -0.1) is 0 Å². The Morgan fingerprint density at radius 1 is 0.824 bits per heavy atom. The zero-order valence-corrected chi connectivity index (χ0v) is 19.1. The molecule has 1 aromatic heterocycles. The molecule has 0 bridgehead atoms. The third kappa shape index (κ3) is 5.28. The van der Waals surface area contributed by atoms with Gasteiger partial charge in [-0.05, 0) is 43.3 Å². The molecule has 8 nitrogen and oxygen atoms in total. The summed E-state index contributed by atoms with van der Waals surface area (Å²) < 4.78 is 7.20. The van der Waals surface area contributed by atoms with Gasteiger partial charge in [0.25, 0.3) is 11.8 Å². The van der Waals surface area contributed by atoms with E-state index >= 15 is 0 Å². The standard InChI is InChI=1S/C26H28N4O4/c1-2-34-23-13-7-6-11-21(23)27-24(31)19-30-14-8-12-22(30)26(33)29-17-15-28(16-18-29)25(32)20-9-4-3-5-10-20/h3-14H,2,15-19H2,1H3,(H,27,31). The first kappa shape index (κ1) is 23.1. The summed E-state index contributed by atoms with van der Waals surface area (Å²) in [5.74, 6) is 0.167. The number of hydrogen-bond acceptors (Lipinski definition) is 4. The van der Waals surface area contributed by atoms with Crippen molar-refractivity contribution in [3.63, 3.8) is 0 Å². The number of carbonyl (C=O) groups is 3. The Morgan fingerprint density at radius 2 is 1.47 bits per heavy atom. The summed E-state index contributed by atoms with van der Waals surface area (Å²) in [7, 11) is 0. The highest BCUT2D eigenvalue weighted by atomic mass is 16.5. The SMILES string of the molecule is CCOc1ccccc1NC(=O)Cn1cccc1C(=O)N1CCN(C(=O)c2ccccc2)CC1. The second-order valence-corrected chi connectivity index (χ2v) is 7.95. The molecule has 176 valence electrons. The lowest BCUT2D eigenvalue weighted by Gasteiger charge is -2.35. The van der Waals surface area contributed by atoms with Gasteiger partial charge < -0.3 is 24.4 Å². The van der Waals surface area contributed by atoms with E-state index < -0.39 is 0 Å². The molecular formula is C26H28N4O4. The topological polar surface area (TPSA) is 83.9 Å². The number of nitrogens with one attached hydrogen (secondary N) is 1. The summed E-state index contributed by atoms with van der Waals surface area (Å²) >= 11 is 0. The number of hydrogen-bond donors (Lipinski definition) is 1. The molecule has 0 unspecified atom stereocenters. The lowest BCUT2D eigenvalue weighted by molar-refractivity contribution is -0.116. The van der Waals surface area contributed by atoms with E-state index in [9.17, 15) is 14.4 Å². The summed E-state index contributed by atoms with van der Waals surface area (Å²) in [6, 6.07) is 19.9.